The molecule has 2 N–H and O–H groups in total. The molecule has 0 spiro atoms. The van der Waals surface area contributed by atoms with Crippen molar-refractivity contribution in [3.05, 3.63) is 89.5 Å². The number of methoxy groups -OCH3 is 1. The number of hydrogen-bond donors (Lipinski definition) is 2. The van der Waals surface area contributed by atoms with Crippen molar-refractivity contribution >= 4 is 27.5 Å². The molecule has 1 saturated heterocycles. The number of benzene rings is 3. The van der Waals surface area contributed by atoms with E-state index in [1.807, 2.05) is 37.3 Å². The number of hydrogen-bond acceptors (Lipinski definition) is 5. The van der Waals surface area contributed by atoms with E-state index in [-0.39, 0.29) is 35.6 Å². The Hall–Kier alpha value is -3.69. The van der Waals surface area contributed by atoms with E-state index >= 15 is 0 Å². The van der Waals surface area contributed by atoms with Crippen molar-refractivity contribution < 1.29 is 22.7 Å². The van der Waals surface area contributed by atoms with Gasteiger partial charge in [0.15, 0.2) is 0 Å². The molecule has 1 aliphatic rings. The highest BCUT2D eigenvalue weighted by Gasteiger charge is 2.27. The zero-order valence-corrected chi connectivity index (χ0v) is 23.2. The average molecular weight is 550 g/mol. The van der Waals surface area contributed by atoms with Gasteiger partial charge >= 0.3 is 0 Å². The Balaban J connectivity index is 1.43. The van der Waals surface area contributed by atoms with E-state index in [1.54, 1.807) is 42.5 Å². The number of amides is 2. The third kappa shape index (κ3) is 7.04. The molecule has 1 heterocycles. The molecule has 0 aliphatic carbocycles. The van der Waals surface area contributed by atoms with E-state index in [4.69, 9.17) is 4.74 Å². The van der Waals surface area contributed by atoms with Crippen LogP contribution in [-0.2, 0) is 21.2 Å². The topological polar surface area (TPSA) is 105 Å². The van der Waals surface area contributed by atoms with Crippen LogP contribution in [-0.4, -0.2) is 44.7 Å². The van der Waals surface area contributed by atoms with Gasteiger partial charge in [0, 0.05) is 19.5 Å². The van der Waals surface area contributed by atoms with Crippen LogP contribution in [0, 0.1) is 0 Å². The van der Waals surface area contributed by atoms with Crippen LogP contribution in [0.25, 0.3) is 0 Å². The van der Waals surface area contributed by atoms with E-state index in [0.29, 0.717) is 35.7 Å². The minimum Gasteiger partial charge on any atom is -0.496 e. The fourth-order valence-electron chi connectivity index (χ4n) is 4.72. The van der Waals surface area contributed by atoms with Crippen molar-refractivity contribution in [1.29, 1.82) is 0 Å². The number of para-hydroxylation sites is 1. The first kappa shape index (κ1) is 28.3. The summed E-state index contributed by atoms with van der Waals surface area (Å²) < 4.78 is 33.3. The van der Waals surface area contributed by atoms with Crippen molar-refractivity contribution in [3.63, 3.8) is 0 Å². The Bertz CT molecular complexity index is 1400. The van der Waals surface area contributed by atoms with Gasteiger partial charge in [-0.1, -0.05) is 48.9 Å². The van der Waals surface area contributed by atoms with Crippen LogP contribution in [0.4, 0.5) is 5.69 Å². The van der Waals surface area contributed by atoms with Crippen molar-refractivity contribution in [1.82, 2.24) is 9.62 Å². The maximum Gasteiger partial charge on any atom is 0.253 e. The van der Waals surface area contributed by atoms with Gasteiger partial charge in [0.1, 0.15) is 5.75 Å². The molecule has 1 fully saturated rings. The molecule has 206 valence electrons. The summed E-state index contributed by atoms with van der Waals surface area (Å²) in [4.78, 5) is 26.1. The molecule has 39 heavy (non-hydrogen) atoms. The van der Waals surface area contributed by atoms with Crippen molar-refractivity contribution in [2.75, 3.05) is 25.5 Å². The smallest absolute Gasteiger partial charge is 0.253 e. The van der Waals surface area contributed by atoms with Gasteiger partial charge in [0.2, 0.25) is 15.9 Å². The molecule has 2 amide bonds. The Labute approximate surface area is 230 Å². The SMILES string of the molecule is COc1ccc(S(=O)(=O)N2CCCCC2)cc1CCC(=O)Nc1ccccc1C(=O)N[C@@H](C)c1ccccc1. The predicted octanol–water partition coefficient (Wildman–Crippen LogP) is 4.93. The number of rotatable bonds is 10. The highest BCUT2D eigenvalue weighted by Crippen LogP contribution is 2.27. The summed E-state index contributed by atoms with van der Waals surface area (Å²) in [6.45, 7) is 2.94. The summed E-state index contributed by atoms with van der Waals surface area (Å²) in [6.07, 6.45) is 3.10. The monoisotopic (exact) mass is 549 g/mol. The van der Waals surface area contributed by atoms with Gasteiger partial charge in [-0.15, -0.1) is 0 Å². The molecule has 0 saturated carbocycles. The maximum atomic E-state index is 13.2. The first-order valence-corrected chi connectivity index (χ1v) is 14.7. The van der Waals surface area contributed by atoms with Crippen LogP contribution >= 0.6 is 0 Å². The van der Waals surface area contributed by atoms with Crippen LogP contribution in [0.1, 0.15) is 60.1 Å². The first-order valence-electron chi connectivity index (χ1n) is 13.2. The van der Waals surface area contributed by atoms with E-state index in [9.17, 15) is 18.0 Å². The zero-order valence-electron chi connectivity index (χ0n) is 22.4. The standard InChI is InChI=1S/C30H35N3O5S/c1-22(23-11-5-3-6-12-23)31-30(35)26-13-7-8-14-27(26)32-29(34)18-15-24-21-25(16-17-28(24)38-2)39(36,37)33-19-9-4-10-20-33/h3,5-8,11-14,16-17,21-22H,4,9-10,15,18-20H2,1-2H3,(H,31,35)(H,32,34)/t22-/m0/s1. The predicted molar refractivity (Wildman–Crippen MR) is 151 cm³/mol. The highest BCUT2D eigenvalue weighted by atomic mass is 32.2. The lowest BCUT2D eigenvalue weighted by Gasteiger charge is -2.26. The number of piperidine rings is 1. The van der Waals surface area contributed by atoms with Gasteiger partial charge in [-0.3, -0.25) is 9.59 Å². The number of nitrogens with one attached hydrogen (secondary N) is 2. The summed E-state index contributed by atoms with van der Waals surface area (Å²) in [7, 11) is -2.09. The fourth-order valence-corrected chi connectivity index (χ4v) is 6.28. The van der Waals surface area contributed by atoms with E-state index in [1.165, 1.54) is 11.4 Å². The zero-order chi connectivity index (χ0) is 27.8. The molecule has 0 unspecified atom stereocenters. The Kier molecular flexibility index (Phi) is 9.37. The number of nitrogens with zero attached hydrogens (tertiary/aromatic N) is 1. The second-order valence-electron chi connectivity index (χ2n) is 9.64. The first-order chi connectivity index (χ1) is 18.8. The Morgan fingerprint density at radius 1 is 0.949 bits per heavy atom. The van der Waals surface area contributed by atoms with Crippen LogP contribution in [0.3, 0.4) is 0 Å². The molecule has 0 aromatic heterocycles. The quantitative estimate of drug-likeness (QED) is 0.373. The largest absolute Gasteiger partial charge is 0.496 e. The third-order valence-corrected chi connectivity index (χ3v) is 8.81. The summed E-state index contributed by atoms with van der Waals surface area (Å²) >= 11 is 0. The van der Waals surface area contributed by atoms with Gasteiger partial charge in [-0.25, -0.2) is 8.42 Å². The van der Waals surface area contributed by atoms with Gasteiger partial charge in [0.25, 0.3) is 5.91 Å². The van der Waals surface area contributed by atoms with Crippen LogP contribution in [0.2, 0.25) is 0 Å². The minimum atomic E-state index is -3.61. The summed E-state index contributed by atoms with van der Waals surface area (Å²) in [5, 5.41) is 5.82. The molecule has 1 atom stereocenters. The fraction of sp³-hybridized carbons (Fsp3) is 0.333. The summed E-state index contributed by atoms with van der Waals surface area (Å²) in [5.41, 5.74) is 2.38. The van der Waals surface area contributed by atoms with Gasteiger partial charge in [0.05, 0.1) is 29.3 Å². The second kappa shape index (κ2) is 12.9. The second-order valence-corrected chi connectivity index (χ2v) is 11.6. The van der Waals surface area contributed by atoms with Crippen LogP contribution in [0.5, 0.6) is 5.75 Å². The molecule has 3 aromatic carbocycles. The average Bonchev–Trinajstić information content (AvgIpc) is 2.97. The van der Waals surface area contributed by atoms with E-state index in [2.05, 4.69) is 10.6 Å². The highest BCUT2D eigenvalue weighted by molar-refractivity contribution is 7.89. The molecule has 8 nitrogen and oxygen atoms in total. The van der Waals surface area contributed by atoms with Gasteiger partial charge < -0.3 is 15.4 Å². The number of anilines is 1. The minimum absolute atomic E-state index is 0.0833. The molecular formula is C30H35N3O5S. The number of aryl methyl sites for hydroxylation is 1. The van der Waals surface area contributed by atoms with E-state index in [0.717, 1.165) is 24.8 Å². The Morgan fingerprint density at radius 2 is 1.64 bits per heavy atom. The number of sulfonamides is 1. The van der Waals surface area contributed by atoms with Crippen molar-refractivity contribution in [2.45, 2.75) is 50.0 Å². The Morgan fingerprint density at radius 3 is 2.36 bits per heavy atom. The molecule has 3 aromatic rings. The molecule has 4 rings (SSSR count). The molecule has 1 aliphatic heterocycles. The lowest BCUT2D eigenvalue weighted by molar-refractivity contribution is -0.116. The summed E-state index contributed by atoms with van der Waals surface area (Å²) in [6, 6.07) is 21.1. The normalized spacial score (nSPS) is 14.8. The van der Waals surface area contributed by atoms with Crippen molar-refractivity contribution in [3.8, 4) is 5.75 Å². The van der Waals surface area contributed by atoms with Gasteiger partial charge in [-0.2, -0.15) is 4.31 Å². The lowest BCUT2D eigenvalue weighted by Crippen LogP contribution is -2.35. The number of ether oxygens (including phenoxy) is 1. The maximum absolute atomic E-state index is 13.2. The van der Waals surface area contributed by atoms with E-state index < -0.39 is 10.0 Å². The molecule has 0 radical (unpaired) electrons. The number of carbonyl (C=O) groups excluding carboxylic acids is 2. The molecule has 0 bridgehead atoms. The number of carbonyl (C=O) groups is 2. The van der Waals surface area contributed by atoms with Crippen LogP contribution < -0.4 is 15.4 Å². The summed E-state index contributed by atoms with van der Waals surface area (Å²) in [5.74, 6) is -0.0627. The van der Waals surface area contributed by atoms with Crippen molar-refractivity contribution in [2.24, 2.45) is 0 Å². The third-order valence-electron chi connectivity index (χ3n) is 6.92. The molecular weight excluding hydrogens is 514 g/mol. The van der Waals surface area contributed by atoms with Gasteiger partial charge in [-0.05, 0) is 67.6 Å². The molecule has 9 heteroatoms. The lowest BCUT2D eigenvalue weighted by atomic mass is 10.1. The van der Waals surface area contributed by atoms with Crippen LogP contribution in [0.15, 0.2) is 77.7 Å².